The van der Waals surface area contributed by atoms with Gasteiger partial charge in [0.05, 0.1) is 12.7 Å². The lowest BCUT2D eigenvalue weighted by Gasteiger charge is -2.41. The lowest BCUT2D eigenvalue weighted by atomic mass is 9.62. The third-order valence-corrected chi connectivity index (χ3v) is 4.48. The number of fused-ring (bicyclic) bond motifs is 3. The van der Waals surface area contributed by atoms with Crippen molar-refractivity contribution in [1.82, 2.24) is 0 Å². The number of ether oxygens (including phenoxy) is 1. The Morgan fingerprint density at radius 3 is 3.00 bits per heavy atom. The first kappa shape index (κ1) is 11.7. The van der Waals surface area contributed by atoms with Crippen molar-refractivity contribution in [3.8, 4) is 0 Å². The molecule has 3 rings (SSSR count). The number of aliphatic carboxylic acids is 1. The maximum atomic E-state index is 11.9. The van der Waals surface area contributed by atoms with Crippen LogP contribution in [0.2, 0.25) is 0 Å². The number of carboxylic acids is 1. The van der Waals surface area contributed by atoms with Crippen molar-refractivity contribution in [2.45, 2.75) is 31.8 Å². The Kier molecular flexibility index (Phi) is 2.86. The molecule has 0 aromatic carbocycles. The Balaban J connectivity index is 2.10. The van der Waals surface area contributed by atoms with Gasteiger partial charge < -0.3 is 9.84 Å². The van der Waals surface area contributed by atoms with Gasteiger partial charge >= 0.3 is 5.97 Å². The lowest BCUT2D eigenvalue weighted by molar-refractivity contribution is -0.150. The van der Waals surface area contributed by atoms with Crippen molar-refractivity contribution >= 4 is 5.97 Å². The van der Waals surface area contributed by atoms with Gasteiger partial charge in [-0.1, -0.05) is 43.2 Å². The van der Waals surface area contributed by atoms with Gasteiger partial charge in [-0.2, -0.15) is 0 Å². The van der Waals surface area contributed by atoms with E-state index >= 15 is 0 Å². The van der Waals surface area contributed by atoms with E-state index < -0.39 is 11.4 Å². The van der Waals surface area contributed by atoms with Crippen molar-refractivity contribution in [3.05, 3.63) is 36.0 Å². The normalized spacial score (nSPS) is 38.3. The van der Waals surface area contributed by atoms with Crippen LogP contribution in [-0.4, -0.2) is 23.8 Å². The summed E-state index contributed by atoms with van der Waals surface area (Å²) in [5.74, 6) is -0.671. The van der Waals surface area contributed by atoms with Gasteiger partial charge in [-0.25, -0.2) is 0 Å². The molecule has 0 amide bonds. The SMILES string of the molecule is O=C(O)C12C=CC=CC1=CCOC1CCCCC12. The predicted molar refractivity (Wildman–Crippen MR) is 68.1 cm³/mol. The second kappa shape index (κ2) is 4.39. The van der Waals surface area contributed by atoms with Crippen LogP contribution in [-0.2, 0) is 9.53 Å². The fourth-order valence-electron chi connectivity index (χ4n) is 3.61. The highest BCUT2D eigenvalue weighted by molar-refractivity contribution is 5.84. The average molecular weight is 246 g/mol. The molecule has 2 aliphatic carbocycles. The van der Waals surface area contributed by atoms with E-state index in [1.807, 2.05) is 30.4 Å². The molecular weight excluding hydrogens is 228 g/mol. The fraction of sp³-hybridized carbons (Fsp3) is 0.533. The molecule has 1 fully saturated rings. The van der Waals surface area contributed by atoms with E-state index in [1.165, 1.54) is 0 Å². The van der Waals surface area contributed by atoms with Gasteiger partial charge in [0.25, 0.3) is 0 Å². The molecule has 1 aliphatic heterocycles. The van der Waals surface area contributed by atoms with Crippen LogP contribution in [0.15, 0.2) is 36.0 Å². The molecule has 3 nitrogen and oxygen atoms in total. The van der Waals surface area contributed by atoms with Crippen molar-refractivity contribution in [1.29, 1.82) is 0 Å². The molecule has 3 aliphatic rings. The highest BCUT2D eigenvalue weighted by Crippen LogP contribution is 2.49. The maximum absolute atomic E-state index is 11.9. The van der Waals surface area contributed by atoms with Crippen molar-refractivity contribution in [2.75, 3.05) is 6.61 Å². The molecule has 1 saturated carbocycles. The molecule has 0 bridgehead atoms. The first-order valence-corrected chi connectivity index (χ1v) is 6.66. The highest BCUT2D eigenvalue weighted by Gasteiger charge is 2.51. The van der Waals surface area contributed by atoms with E-state index in [0.717, 1.165) is 31.3 Å². The fourth-order valence-corrected chi connectivity index (χ4v) is 3.61. The monoisotopic (exact) mass is 246 g/mol. The Labute approximate surface area is 107 Å². The summed E-state index contributed by atoms with van der Waals surface area (Å²) in [5, 5.41) is 9.81. The van der Waals surface area contributed by atoms with Gasteiger partial charge in [-0.15, -0.1) is 0 Å². The standard InChI is InChI=1S/C15H18O3/c16-14(17)15-9-4-3-5-11(15)8-10-18-13-7-2-1-6-12(13)15/h3-5,8-9,12-13H,1-2,6-7,10H2,(H,16,17). The molecular formula is C15H18O3. The van der Waals surface area contributed by atoms with E-state index in [0.29, 0.717) is 6.61 Å². The van der Waals surface area contributed by atoms with Crippen LogP contribution < -0.4 is 0 Å². The Morgan fingerprint density at radius 1 is 1.33 bits per heavy atom. The number of hydrogen-bond acceptors (Lipinski definition) is 2. The average Bonchev–Trinajstić information content (AvgIpc) is 2.56. The smallest absolute Gasteiger partial charge is 0.318 e. The third-order valence-electron chi connectivity index (χ3n) is 4.48. The lowest BCUT2D eigenvalue weighted by Crippen LogP contribution is -2.45. The molecule has 3 heteroatoms. The quantitative estimate of drug-likeness (QED) is 0.773. The second-order valence-corrected chi connectivity index (χ2v) is 5.31. The van der Waals surface area contributed by atoms with E-state index in [2.05, 4.69) is 0 Å². The van der Waals surface area contributed by atoms with Gasteiger partial charge in [0.2, 0.25) is 0 Å². The summed E-state index contributed by atoms with van der Waals surface area (Å²) in [4.78, 5) is 11.9. The highest BCUT2D eigenvalue weighted by atomic mass is 16.5. The van der Waals surface area contributed by atoms with E-state index in [1.54, 1.807) is 0 Å². The van der Waals surface area contributed by atoms with Crippen LogP contribution >= 0.6 is 0 Å². The van der Waals surface area contributed by atoms with Crippen molar-refractivity contribution in [2.24, 2.45) is 11.3 Å². The Morgan fingerprint density at radius 2 is 2.17 bits per heavy atom. The number of rotatable bonds is 1. The van der Waals surface area contributed by atoms with Crippen LogP contribution in [0.25, 0.3) is 0 Å². The van der Waals surface area contributed by atoms with Crippen molar-refractivity contribution < 1.29 is 14.6 Å². The molecule has 96 valence electrons. The third kappa shape index (κ3) is 1.57. The van der Waals surface area contributed by atoms with E-state index in [-0.39, 0.29) is 12.0 Å². The first-order chi connectivity index (χ1) is 8.75. The summed E-state index contributed by atoms with van der Waals surface area (Å²) in [6.07, 6.45) is 13.7. The van der Waals surface area contributed by atoms with Crippen molar-refractivity contribution in [3.63, 3.8) is 0 Å². The van der Waals surface area contributed by atoms with Crippen LogP contribution in [0.5, 0.6) is 0 Å². The van der Waals surface area contributed by atoms with Gasteiger partial charge in [0.1, 0.15) is 5.41 Å². The molecule has 0 spiro atoms. The van der Waals surface area contributed by atoms with Crippen LogP contribution in [0, 0.1) is 11.3 Å². The van der Waals surface area contributed by atoms with Gasteiger partial charge in [-0.05, 0) is 18.4 Å². The minimum atomic E-state index is -0.865. The molecule has 1 heterocycles. The largest absolute Gasteiger partial charge is 0.480 e. The van der Waals surface area contributed by atoms with Gasteiger partial charge in [0, 0.05) is 5.92 Å². The van der Waals surface area contributed by atoms with Gasteiger partial charge in [-0.3, -0.25) is 4.79 Å². The summed E-state index contributed by atoms with van der Waals surface area (Å²) in [6, 6.07) is 0. The molecule has 0 radical (unpaired) electrons. The molecule has 3 unspecified atom stereocenters. The predicted octanol–water partition coefficient (Wildman–Crippen LogP) is 2.70. The topological polar surface area (TPSA) is 46.5 Å². The van der Waals surface area contributed by atoms with Crippen LogP contribution in [0.1, 0.15) is 25.7 Å². The Hall–Kier alpha value is -1.35. The zero-order chi connectivity index (χ0) is 12.6. The zero-order valence-electron chi connectivity index (χ0n) is 10.3. The van der Waals surface area contributed by atoms with Gasteiger partial charge in [0.15, 0.2) is 0 Å². The summed E-state index contributed by atoms with van der Waals surface area (Å²) in [6.45, 7) is 0.531. The maximum Gasteiger partial charge on any atom is 0.318 e. The van der Waals surface area contributed by atoms with Crippen LogP contribution in [0.4, 0.5) is 0 Å². The van der Waals surface area contributed by atoms with Crippen LogP contribution in [0.3, 0.4) is 0 Å². The number of carbonyl (C=O) groups is 1. The molecule has 3 atom stereocenters. The van der Waals surface area contributed by atoms with E-state index in [9.17, 15) is 9.90 Å². The first-order valence-electron chi connectivity index (χ1n) is 6.66. The summed E-state index contributed by atoms with van der Waals surface area (Å²) in [5.41, 5.74) is 0.0305. The number of allylic oxidation sites excluding steroid dienone is 3. The number of carboxylic acid groups (broad SMARTS) is 1. The molecule has 0 saturated heterocycles. The minimum absolute atomic E-state index is 0.0682. The molecule has 1 N–H and O–H groups in total. The molecule has 0 aromatic heterocycles. The molecule has 0 aromatic rings. The number of hydrogen-bond donors (Lipinski definition) is 1. The molecule has 18 heavy (non-hydrogen) atoms. The Bertz CT molecular complexity index is 447. The minimum Gasteiger partial charge on any atom is -0.480 e. The zero-order valence-corrected chi connectivity index (χ0v) is 10.3. The summed E-state index contributed by atoms with van der Waals surface area (Å²) >= 11 is 0. The second-order valence-electron chi connectivity index (χ2n) is 5.31. The van der Waals surface area contributed by atoms with E-state index in [4.69, 9.17) is 4.74 Å². The summed E-state index contributed by atoms with van der Waals surface area (Å²) in [7, 11) is 0. The summed E-state index contributed by atoms with van der Waals surface area (Å²) < 4.78 is 5.87.